The van der Waals surface area contributed by atoms with Gasteiger partial charge in [0, 0.05) is 48.3 Å². The van der Waals surface area contributed by atoms with Crippen LogP contribution in [-0.2, 0) is 19.7 Å². The summed E-state index contributed by atoms with van der Waals surface area (Å²) in [5.41, 5.74) is 2.93. The molecule has 7 heteroatoms. The lowest BCUT2D eigenvalue weighted by Gasteiger charge is -2.08. The van der Waals surface area contributed by atoms with Gasteiger partial charge in [-0.15, -0.1) is 0 Å². The Labute approximate surface area is 143 Å². The third-order valence-corrected chi connectivity index (χ3v) is 4.12. The van der Waals surface area contributed by atoms with Gasteiger partial charge in [-0.3, -0.25) is 0 Å². The molecule has 0 atom stereocenters. The maximum atomic E-state index is 13.8. The maximum absolute atomic E-state index is 13.8. The van der Waals surface area contributed by atoms with E-state index >= 15 is 0 Å². The van der Waals surface area contributed by atoms with E-state index < -0.39 is 5.82 Å². The summed E-state index contributed by atoms with van der Waals surface area (Å²) in [6, 6.07) is 6.47. The summed E-state index contributed by atoms with van der Waals surface area (Å²) in [6.07, 6.45) is 5.71. The van der Waals surface area contributed by atoms with Gasteiger partial charge in [-0.05, 0) is 23.3 Å². The van der Waals surface area contributed by atoms with Crippen molar-refractivity contribution >= 4 is 11.6 Å². The van der Waals surface area contributed by atoms with E-state index in [1.54, 1.807) is 24.4 Å². The van der Waals surface area contributed by atoms with E-state index in [-0.39, 0.29) is 12.6 Å². The lowest BCUT2D eigenvalue weighted by Crippen LogP contribution is -2.05. The Kier molecular flexibility index (Phi) is 3.92. The number of aromatic nitrogens is 3. The predicted octanol–water partition coefficient (Wildman–Crippen LogP) is 3.24. The number of nitrogens with one attached hydrogen (secondary N) is 1. The lowest BCUT2D eigenvalue weighted by molar-refractivity contribution is 0.275. The number of benzene rings is 1. The van der Waals surface area contributed by atoms with Gasteiger partial charge in [-0.25, -0.2) is 9.37 Å². The van der Waals surface area contributed by atoms with Gasteiger partial charge in [0.05, 0.1) is 0 Å². The van der Waals surface area contributed by atoms with Gasteiger partial charge in [-0.1, -0.05) is 17.7 Å². The molecular formula is C17H14ClFN4O. The van der Waals surface area contributed by atoms with Crippen molar-refractivity contribution in [2.24, 2.45) is 0 Å². The second kappa shape index (κ2) is 6.22. The average Bonchev–Trinajstić information content (AvgIpc) is 3.16. The number of halogens is 2. The number of ether oxygens (including phenoxy) is 1. The normalized spacial score (nSPS) is 13.1. The molecule has 0 amide bonds. The fraction of sp³-hybridized carbons (Fsp3) is 0.176. The zero-order chi connectivity index (χ0) is 16.5. The van der Waals surface area contributed by atoms with Crippen molar-refractivity contribution < 1.29 is 9.13 Å². The first kappa shape index (κ1) is 15.1. The highest BCUT2D eigenvalue weighted by molar-refractivity contribution is 6.30. The molecule has 1 aliphatic rings. The van der Waals surface area contributed by atoms with Crippen molar-refractivity contribution in [2.75, 3.05) is 0 Å². The molecule has 1 aliphatic heterocycles. The second-order valence-electron chi connectivity index (χ2n) is 5.54. The van der Waals surface area contributed by atoms with E-state index in [9.17, 15) is 4.39 Å². The Morgan fingerprint density at radius 1 is 1.21 bits per heavy atom. The maximum Gasteiger partial charge on any atom is 0.318 e. The third kappa shape index (κ3) is 2.98. The fourth-order valence-electron chi connectivity index (χ4n) is 2.65. The number of hydrogen-bond donors (Lipinski definition) is 1. The Hall–Kier alpha value is -2.44. The Morgan fingerprint density at radius 2 is 2.00 bits per heavy atom. The molecule has 24 heavy (non-hydrogen) atoms. The molecule has 4 rings (SSSR count). The quantitative estimate of drug-likeness (QED) is 0.789. The molecule has 3 aromatic rings. The minimum atomic E-state index is -0.409. The molecule has 1 N–H and O–H groups in total. The van der Waals surface area contributed by atoms with Crippen LogP contribution in [0, 0.1) is 5.82 Å². The smallest absolute Gasteiger partial charge is 0.318 e. The van der Waals surface area contributed by atoms with Crippen LogP contribution in [0.5, 0.6) is 6.01 Å². The summed E-state index contributed by atoms with van der Waals surface area (Å²) in [5, 5.41) is 3.64. The van der Waals surface area contributed by atoms with E-state index in [0.717, 1.165) is 13.1 Å². The summed E-state index contributed by atoms with van der Waals surface area (Å²) >= 11 is 5.74. The highest BCUT2D eigenvalue weighted by atomic mass is 35.5. The zero-order valence-corrected chi connectivity index (χ0v) is 13.4. The minimum absolute atomic E-state index is 0.0402. The first-order valence-electron chi connectivity index (χ1n) is 7.49. The summed E-state index contributed by atoms with van der Waals surface area (Å²) in [4.78, 5) is 8.46. The van der Waals surface area contributed by atoms with Crippen molar-refractivity contribution in [1.82, 2.24) is 19.9 Å². The minimum Gasteiger partial charge on any atom is -0.458 e. The van der Waals surface area contributed by atoms with Crippen LogP contribution in [0.1, 0.15) is 16.7 Å². The first-order chi connectivity index (χ1) is 11.7. The number of fused-ring (bicyclic) bond motifs is 1. The van der Waals surface area contributed by atoms with Crippen molar-refractivity contribution in [3.63, 3.8) is 0 Å². The van der Waals surface area contributed by atoms with E-state index in [0.29, 0.717) is 16.4 Å². The molecular weight excluding hydrogens is 331 g/mol. The van der Waals surface area contributed by atoms with Crippen molar-refractivity contribution in [3.05, 3.63) is 70.4 Å². The molecule has 0 aliphatic carbocycles. The molecule has 0 saturated heterocycles. The van der Waals surface area contributed by atoms with Crippen LogP contribution in [0.3, 0.4) is 0 Å². The highest BCUT2D eigenvalue weighted by Gasteiger charge is 2.14. The Morgan fingerprint density at radius 3 is 2.75 bits per heavy atom. The van der Waals surface area contributed by atoms with Gasteiger partial charge < -0.3 is 14.6 Å². The number of rotatable bonds is 4. The van der Waals surface area contributed by atoms with Crippen LogP contribution in [0.25, 0.3) is 5.82 Å². The Bertz CT molecular complexity index is 875. The standard InChI is InChI=1S/C17H14ClFN4O/c18-14-2-1-11(15(19)5-14)10-24-17-21-4-3-16(22-17)23-8-12-6-20-7-13(12)9-23/h1-5,8-9,20H,6-7,10H2. The number of hydrogen-bond acceptors (Lipinski definition) is 4. The van der Waals surface area contributed by atoms with Gasteiger partial charge in [0.1, 0.15) is 18.2 Å². The van der Waals surface area contributed by atoms with Crippen LogP contribution < -0.4 is 10.1 Å². The molecule has 0 fully saturated rings. The largest absolute Gasteiger partial charge is 0.458 e. The molecule has 5 nitrogen and oxygen atoms in total. The first-order valence-corrected chi connectivity index (χ1v) is 7.87. The molecule has 0 bridgehead atoms. The highest BCUT2D eigenvalue weighted by Crippen LogP contribution is 2.20. The lowest BCUT2D eigenvalue weighted by atomic mass is 10.2. The van der Waals surface area contributed by atoms with Gasteiger partial charge in [0.25, 0.3) is 0 Å². The van der Waals surface area contributed by atoms with Crippen LogP contribution in [0.2, 0.25) is 5.02 Å². The molecule has 0 saturated carbocycles. The van der Waals surface area contributed by atoms with Crippen molar-refractivity contribution in [2.45, 2.75) is 19.7 Å². The van der Waals surface area contributed by atoms with E-state index in [1.807, 2.05) is 17.0 Å². The van der Waals surface area contributed by atoms with Crippen molar-refractivity contribution in [1.29, 1.82) is 0 Å². The average molecular weight is 345 g/mol. The van der Waals surface area contributed by atoms with Gasteiger partial charge in [0.2, 0.25) is 0 Å². The third-order valence-electron chi connectivity index (χ3n) is 3.89. The van der Waals surface area contributed by atoms with Gasteiger partial charge in [0.15, 0.2) is 0 Å². The van der Waals surface area contributed by atoms with Crippen LogP contribution >= 0.6 is 11.6 Å². The monoisotopic (exact) mass is 344 g/mol. The Balaban J connectivity index is 1.52. The van der Waals surface area contributed by atoms with E-state index in [1.165, 1.54) is 17.2 Å². The van der Waals surface area contributed by atoms with E-state index in [4.69, 9.17) is 16.3 Å². The molecule has 122 valence electrons. The van der Waals surface area contributed by atoms with Crippen molar-refractivity contribution in [3.8, 4) is 11.8 Å². The molecule has 0 unspecified atom stereocenters. The van der Waals surface area contributed by atoms with Gasteiger partial charge in [-0.2, -0.15) is 4.98 Å². The van der Waals surface area contributed by atoms with Crippen LogP contribution in [0.15, 0.2) is 42.9 Å². The second-order valence-corrected chi connectivity index (χ2v) is 5.98. The summed E-state index contributed by atoms with van der Waals surface area (Å²) in [5.74, 6) is 0.305. The van der Waals surface area contributed by atoms with Crippen LogP contribution in [-0.4, -0.2) is 14.5 Å². The molecule has 3 heterocycles. The number of nitrogens with zero attached hydrogens (tertiary/aromatic N) is 3. The van der Waals surface area contributed by atoms with Crippen LogP contribution in [0.4, 0.5) is 4.39 Å². The predicted molar refractivity (Wildman–Crippen MR) is 87.6 cm³/mol. The molecule has 1 aromatic carbocycles. The summed E-state index contributed by atoms with van der Waals surface area (Å²) in [7, 11) is 0. The zero-order valence-electron chi connectivity index (χ0n) is 12.7. The molecule has 0 spiro atoms. The van der Waals surface area contributed by atoms with Gasteiger partial charge >= 0.3 is 6.01 Å². The topological polar surface area (TPSA) is 52.0 Å². The summed E-state index contributed by atoms with van der Waals surface area (Å²) in [6.45, 7) is 1.78. The SMILES string of the molecule is Fc1cc(Cl)ccc1COc1nccc(-n2cc3c(c2)CNC3)n1. The summed E-state index contributed by atoms with van der Waals surface area (Å²) < 4.78 is 21.2. The fourth-order valence-corrected chi connectivity index (χ4v) is 2.81. The molecule has 0 radical (unpaired) electrons. The molecule has 2 aromatic heterocycles. The van der Waals surface area contributed by atoms with E-state index in [2.05, 4.69) is 15.3 Å².